The van der Waals surface area contributed by atoms with Gasteiger partial charge in [-0.1, -0.05) is 6.42 Å². The van der Waals surface area contributed by atoms with Crippen molar-refractivity contribution in [3.63, 3.8) is 0 Å². The van der Waals surface area contributed by atoms with Crippen LogP contribution in [-0.2, 0) is 0 Å². The molecular formula is C13H17BrFN3. The summed E-state index contributed by atoms with van der Waals surface area (Å²) < 4.78 is 14.6. The monoisotopic (exact) mass is 313 g/mol. The van der Waals surface area contributed by atoms with Crippen LogP contribution in [0.3, 0.4) is 0 Å². The predicted octanol–water partition coefficient (Wildman–Crippen LogP) is 2.66. The SMILES string of the molecule is Fc1cc(Br)cnc1N1CCN2CCCCC2C1. The molecule has 0 N–H and O–H groups in total. The van der Waals surface area contributed by atoms with Crippen LogP contribution in [0, 0.1) is 5.82 Å². The van der Waals surface area contributed by atoms with Gasteiger partial charge in [-0.15, -0.1) is 0 Å². The smallest absolute Gasteiger partial charge is 0.166 e. The molecule has 98 valence electrons. The molecule has 0 bridgehead atoms. The third-order valence-electron chi connectivity index (χ3n) is 3.93. The molecule has 3 heterocycles. The fourth-order valence-corrected chi connectivity index (χ4v) is 3.29. The second-order valence-corrected chi connectivity index (χ2v) is 6.01. The second-order valence-electron chi connectivity index (χ2n) is 5.09. The number of hydrogen-bond acceptors (Lipinski definition) is 3. The third-order valence-corrected chi connectivity index (χ3v) is 4.36. The van der Waals surface area contributed by atoms with E-state index in [1.165, 1.54) is 31.9 Å². The van der Waals surface area contributed by atoms with E-state index in [1.807, 2.05) is 0 Å². The van der Waals surface area contributed by atoms with Crippen molar-refractivity contribution in [3.05, 3.63) is 22.6 Å². The summed E-state index contributed by atoms with van der Waals surface area (Å²) in [4.78, 5) is 8.85. The van der Waals surface area contributed by atoms with E-state index in [0.29, 0.717) is 16.3 Å². The molecule has 2 saturated heterocycles. The molecule has 2 fully saturated rings. The zero-order valence-electron chi connectivity index (χ0n) is 10.3. The van der Waals surface area contributed by atoms with Crippen molar-refractivity contribution >= 4 is 21.7 Å². The van der Waals surface area contributed by atoms with Gasteiger partial charge in [-0.3, -0.25) is 4.90 Å². The van der Waals surface area contributed by atoms with Crippen LogP contribution in [0.1, 0.15) is 19.3 Å². The number of rotatable bonds is 1. The van der Waals surface area contributed by atoms with Crippen LogP contribution >= 0.6 is 15.9 Å². The molecule has 0 aromatic carbocycles. The van der Waals surface area contributed by atoms with Crippen molar-refractivity contribution in [2.45, 2.75) is 25.3 Å². The van der Waals surface area contributed by atoms with Crippen molar-refractivity contribution in [1.29, 1.82) is 0 Å². The van der Waals surface area contributed by atoms with Crippen molar-refractivity contribution in [2.75, 3.05) is 31.1 Å². The van der Waals surface area contributed by atoms with Crippen molar-refractivity contribution in [3.8, 4) is 0 Å². The molecule has 1 unspecified atom stereocenters. The molecule has 18 heavy (non-hydrogen) atoms. The number of halogens is 2. The molecule has 1 atom stereocenters. The number of fused-ring (bicyclic) bond motifs is 1. The van der Waals surface area contributed by atoms with Crippen molar-refractivity contribution in [1.82, 2.24) is 9.88 Å². The highest BCUT2D eigenvalue weighted by atomic mass is 79.9. The molecule has 0 spiro atoms. The lowest BCUT2D eigenvalue weighted by molar-refractivity contribution is 0.133. The number of aromatic nitrogens is 1. The molecule has 2 aliphatic rings. The summed E-state index contributed by atoms with van der Waals surface area (Å²) in [6.07, 6.45) is 5.51. The number of piperidine rings is 1. The van der Waals surface area contributed by atoms with Gasteiger partial charge < -0.3 is 4.90 Å². The Bertz CT molecular complexity index is 440. The van der Waals surface area contributed by atoms with E-state index in [4.69, 9.17) is 0 Å². The Hall–Kier alpha value is -0.680. The first kappa shape index (κ1) is 12.4. The van der Waals surface area contributed by atoms with Gasteiger partial charge in [-0.25, -0.2) is 9.37 Å². The van der Waals surface area contributed by atoms with E-state index in [1.54, 1.807) is 6.20 Å². The molecule has 5 heteroatoms. The molecule has 0 saturated carbocycles. The first-order valence-corrected chi connectivity index (χ1v) is 7.33. The maximum Gasteiger partial charge on any atom is 0.166 e. The fourth-order valence-electron chi connectivity index (χ4n) is 2.99. The molecular weight excluding hydrogens is 297 g/mol. The van der Waals surface area contributed by atoms with E-state index in [-0.39, 0.29) is 5.82 Å². The highest BCUT2D eigenvalue weighted by Gasteiger charge is 2.30. The lowest BCUT2D eigenvalue weighted by Crippen LogP contribution is -2.55. The Morgan fingerprint density at radius 1 is 1.28 bits per heavy atom. The maximum atomic E-state index is 13.9. The second kappa shape index (κ2) is 5.13. The summed E-state index contributed by atoms with van der Waals surface area (Å²) in [5, 5.41) is 0. The number of piperazine rings is 1. The predicted molar refractivity (Wildman–Crippen MR) is 73.3 cm³/mol. The molecule has 0 radical (unpaired) electrons. The summed E-state index contributed by atoms with van der Waals surface area (Å²) in [6.45, 7) is 4.02. The Labute approximate surface area is 115 Å². The average Bonchev–Trinajstić information content (AvgIpc) is 2.38. The zero-order valence-corrected chi connectivity index (χ0v) is 11.9. The minimum Gasteiger partial charge on any atom is -0.351 e. The summed E-state index contributed by atoms with van der Waals surface area (Å²) in [5.74, 6) is 0.275. The van der Waals surface area contributed by atoms with Crippen LogP contribution in [-0.4, -0.2) is 42.1 Å². The number of anilines is 1. The van der Waals surface area contributed by atoms with Gasteiger partial charge in [-0.2, -0.15) is 0 Å². The van der Waals surface area contributed by atoms with Crippen molar-refractivity contribution < 1.29 is 4.39 Å². The minimum atomic E-state index is -0.228. The van der Waals surface area contributed by atoms with Gasteiger partial charge in [0.2, 0.25) is 0 Å². The molecule has 0 amide bonds. The Morgan fingerprint density at radius 2 is 2.17 bits per heavy atom. The highest BCUT2D eigenvalue weighted by molar-refractivity contribution is 9.10. The molecule has 3 rings (SSSR count). The minimum absolute atomic E-state index is 0.228. The number of pyridine rings is 1. The molecule has 1 aromatic rings. The summed E-state index contributed by atoms with van der Waals surface area (Å²) >= 11 is 3.25. The topological polar surface area (TPSA) is 19.4 Å². The van der Waals surface area contributed by atoms with Gasteiger partial charge >= 0.3 is 0 Å². The van der Waals surface area contributed by atoms with Crippen LogP contribution in [0.15, 0.2) is 16.7 Å². The first-order chi connectivity index (χ1) is 8.74. The molecule has 2 aliphatic heterocycles. The summed E-state index contributed by atoms with van der Waals surface area (Å²) in [6, 6.07) is 2.08. The van der Waals surface area contributed by atoms with E-state index in [0.717, 1.165) is 19.6 Å². The zero-order chi connectivity index (χ0) is 12.5. The van der Waals surface area contributed by atoms with E-state index >= 15 is 0 Å². The van der Waals surface area contributed by atoms with Crippen molar-refractivity contribution in [2.24, 2.45) is 0 Å². The van der Waals surface area contributed by atoms with Gasteiger partial charge in [0.05, 0.1) is 0 Å². The Morgan fingerprint density at radius 3 is 3.00 bits per heavy atom. The standard InChI is InChI=1S/C13H17BrFN3/c14-10-7-12(15)13(16-8-10)18-6-5-17-4-2-1-3-11(17)9-18/h7-8,11H,1-6,9H2. The molecule has 3 nitrogen and oxygen atoms in total. The largest absolute Gasteiger partial charge is 0.351 e. The normalized spacial score (nSPS) is 25.0. The van der Waals surface area contributed by atoms with E-state index < -0.39 is 0 Å². The van der Waals surface area contributed by atoms with E-state index in [9.17, 15) is 4.39 Å². The van der Waals surface area contributed by atoms with Gasteiger partial charge in [0.15, 0.2) is 11.6 Å². The summed E-state index contributed by atoms with van der Waals surface area (Å²) in [5.41, 5.74) is 0. The van der Waals surface area contributed by atoms with Gasteiger partial charge in [0.1, 0.15) is 0 Å². The van der Waals surface area contributed by atoms with E-state index in [2.05, 4.69) is 30.7 Å². The van der Waals surface area contributed by atoms with Crippen LogP contribution in [0.4, 0.5) is 10.2 Å². The van der Waals surface area contributed by atoms with Gasteiger partial charge in [-0.05, 0) is 41.4 Å². The van der Waals surface area contributed by atoms with Gasteiger partial charge in [0, 0.05) is 36.3 Å². The maximum absolute atomic E-state index is 13.9. The Kier molecular flexibility index (Phi) is 3.52. The molecule has 0 aliphatic carbocycles. The summed E-state index contributed by atoms with van der Waals surface area (Å²) in [7, 11) is 0. The lowest BCUT2D eigenvalue weighted by atomic mass is 9.99. The number of hydrogen-bond donors (Lipinski definition) is 0. The van der Waals surface area contributed by atoms with Crippen LogP contribution < -0.4 is 4.90 Å². The quantitative estimate of drug-likeness (QED) is 0.794. The van der Waals surface area contributed by atoms with Crippen LogP contribution in [0.25, 0.3) is 0 Å². The molecule has 1 aromatic heterocycles. The highest BCUT2D eigenvalue weighted by Crippen LogP contribution is 2.26. The third kappa shape index (κ3) is 2.38. The lowest BCUT2D eigenvalue weighted by Gasteiger charge is -2.44. The number of nitrogens with zero attached hydrogens (tertiary/aromatic N) is 3. The first-order valence-electron chi connectivity index (χ1n) is 6.54. The fraction of sp³-hybridized carbons (Fsp3) is 0.615. The van der Waals surface area contributed by atoms with Gasteiger partial charge in [0.25, 0.3) is 0 Å². The van der Waals surface area contributed by atoms with Crippen LogP contribution in [0.5, 0.6) is 0 Å². The average molecular weight is 314 g/mol. The van der Waals surface area contributed by atoms with Crippen LogP contribution in [0.2, 0.25) is 0 Å². The Balaban J connectivity index is 1.77.